The minimum absolute atomic E-state index is 0.221. The van der Waals surface area contributed by atoms with Gasteiger partial charge >= 0.3 is 0 Å². The van der Waals surface area contributed by atoms with Crippen molar-refractivity contribution in [2.24, 2.45) is 4.99 Å². The van der Waals surface area contributed by atoms with Crippen LogP contribution in [-0.4, -0.2) is 69.9 Å². The third-order valence-corrected chi connectivity index (χ3v) is 8.56. The lowest BCUT2D eigenvalue weighted by Gasteiger charge is -2.25. The lowest BCUT2D eigenvalue weighted by Crippen LogP contribution is -2.41. The van der Waals surface area contributed by atoms with Gasteiger partial charge in [0.1, 0.15) is 12.5 Å². The van der Waals surface area contributed by atoms with Crippen molar-refractivity contribution in [2.75, 3.05) is 48.7 Å². The Morgan fingerprint density at radius 3 is 2.21 bits per heavy atom. The van der Waals surface area contributed by atoms with E-state index in [0.29, 0.717) is 60.6 Å². The number of hydrogen-bond acceptors (Lipinski definition) is 7. The van der Waals surface area contributed by atoms with Crippen molar-refractivity contribution in [1.29, 1.82) is 0 Å². The van der Waals surface area contributed by atoms with Gasteiger partial charge in [0.2, 0.25) is 21.8 Å². The fraction of sp³-hybridized carbons (Fsp3) is 0.344. The van der Waals surface area contributed by atoms with Crippen molar-refractivity contribution < 1.29 is 27.5 Å². The zero-order valence-electron chi connectivity index (χ0n) is 24.6. The second-order valence-corrected chi connectivity index (χ2v) is 12.3. The van der Waals surface area contributed by atoms with E-state index in [9.17, 15) is 18.0 Å². The van der Waals surface area contributed by atoms with Crippen LogP contribution >= 0.6 is 0 Å². The Bertz CT molecular complexity index is 1620. The Kier molecular flexibility index (Phi) is 9.00. The van der Waals surface area contributed by atoms with Gasteiger partial charge in [-0.2, -0.15) is 0 Å². The Labute approximate surface area is 252 Å². The summed E-state index contributed by atoms with van der Waals surface area (Å²) in [7, 11) is -3.72. The summed E-state index contributed by atoms with van der Waals surface area (Å²) in [5.41, 5.74) is 3.54. The summed E-state index contributed by atoms with van der Waals surface area (Å²) in [5, 5.41) is 2.97. The average molecular weight is 605 g/mol. The number of carbonyl (C=O) groups is 2. The maximum absolute atomic E-state index is 13.5. The van der Waals surface area contributed by atoms with Crippen LogP contribution in [0.3, 0.4) is 0 Å². The molecule has 0 aromatic heterocycles. The number of nitrogens with one attached hydrogen (secondary N) is 1. The van der Waals surface area contributed by atoms with E-state index < -0.39 is 15.9 Å². The van der Waals surface area contributed by atoms with Gasteiger partial charge in [0.25, 0.3) is 0 Å². The van der Waals surface area contributed by atoms with Gasteiger partial charge in [-0.15, -0.1) is 0 Å². The normalized spacial score (nSPS) is 16.5. The van der Waals surface area contributed by atoms with Crippen molar-refractivity contribution in [3.63, 3.8) is 0 Å². The van der Waals surface area contributed by atoms with Gasteiger partial charge in [-0.25, -0.2) is 8.42 Å². The van der Waals surface area contributed by atoms with Gasteiger partial charge in [0.05, 0.1) is 36.6 Å². The second-order valence-electron chi connectivity index (χ2n) is 10.4. The summed E-state index contributed by atoms with van der Waals surface area (Å²) >= 11 is 0. The number of anilines is 2. The van der Waals surface area contributed by atoms with Gasteiger partial charge in [0.15, 0.2) is 11.5 Å². The molecule has 10 nitrogen and oxygen atoms in total. The minimum Gasteiger partial charge on any atom is -0.490 e. The molecule has 1 fully saturated rings. The number of sulfonamides is 1. The molecule has 0 bridgehead atoms. The Morgan fingerprint density at radius 2 is 1.60 bits per heavy atom. The summed E-state index contributed by atoms with van der Waals surface area (Å²) in [5.74, 6) is -0.0741. The highest BCUT2D eigenvalue weighted by Gasteiger charge is 2.37. The van der Waals surface area contributed by atoms with Crippen molar-refractivity contribution in [3.8, 4) is 11.5 Å². The van der Waals surface area contributed by atoms with Gasteiger partial charge in [0, 0.05) is 24.8 Å². The van der Waals surface area contributed by atoms with Crippen molar-refractivity contribution >= 4 is 44.6 Å². The minimum atomic E-state index is -3.72. The topological polar surface area (TPSA) is 118 Å². The molecule has 0 aliphatic carbocycles. The number of nitrogens with zero attached hydrogens (tertiary/aromatic N) is 3. The van der Waals surface area contributed by atoms with E-state index >= 15 is 0 Å². The number of ether oxygens (including phenoxy) is 2. The molecule has 1 N–H and O–H groups in total. The predicted molar refractivity (Wildman–Crippen MR) is 167 cm³/mol. The molecule has 0 radical (unpaired) electrons. The van der Waals surface area contributed by atoms with Crippen LogP contribution in [0.2, 0.25) is 0 Å². The van der Waals surface area contributed by atoms with Crippen LogP contribution in [0.25, 0.3) is 0 Å². The first-order valence-corrected chi connectivity index (χ1v) is 16.3. The Balaban J connectivity index is 1.52. The van der Waals surface area contributed by atoms with Crippen LogP contribution in [0, 0.1) is 0 Å². The third-order valence-electron chi connectivity index (χ3n) is 7.41. The molecule has 1 unspecified atom stereocenters. The average Bonchev–Trinajstić information content (AvgIpc) is 3.63. The molecular weight excluding hydrogens is 568 g/mol. The SMILES string of the molecule is CCOc1cc2c(cc1OCC)C(C(=Nc1ccc(N(CC(=O)N3CCCC3)S(C)(=O)=O)cc1)c1ccccc1)C(=O)N2. The molecule has 0 saturated carbocycles. The molecule has 2 heterocycles. The Morgan fingerprint density at radius 1 is 0.977 bits per heavy atom. The predicted octanol–water partition coefficient (Wildman–Crippen LogP) is 4.73. The summed E-state index contributed by atoms with van der Waals surface area (Å²) in [6.45, 7) is 5.68. The van der Waals surface area contributed by atoms with Gasteiger partial charge in [-0.05, 0) is 68.1 Å². The first-order chi connectivity index (χ1) is 20.7. The zero-order chi connectivity index (χ0) is 30.6. The maximum atomic E-state index is 13.5. The number of carbonyl (C=O) groups excluding carboxylic acids is 2. The number of likely N-dealkylation sites (tertiary alicyclic amines) is 1. The summed E-state index contributed by atoms with van der Waals surface area (Å²) in [6.07, 6.45) is 2.93. The van der Waals surface area contributed by atoms with Crippen LogP contribution in [-0.2, 0) is 19.6 Å². The maximum Gasteiger partial charge on any atom is 0.243 e. The van der Waals surface area contributed by atoms with Crippen LogP contribution in [0.15, 0.2) is 71.7 Å². The zero-order valence-corrected chi connectivity index (χ0v) is 25.4. The summed E-state index contributed by atoms with van der Waals surface area (Å²) in [4.78, 5) is 32.9. The van der Waals surface area contributed by atoms with Gasteiger partial charge in [-0.3, -0.25) is 18.9 Å². The molecule has 3 aromatic carbocycles. The highest BCUT2D eigenvalue weighted by Crippen LogP contribution is 2.43. The molecule has 3 aromatic rings. The molecule has 11 heteroatoms. The lowest BCUT2D eigenvalue weighted by atomic mass is 9.90. The smallest absolute Gasteiger partial charge is 0.243 e. The molecule has 5 rings (SSSR count). The third kappa shape index (κ3) is 6.67. The first kappa shape index (κ1) is 30.1. The molecular formula is C32H36N4O6S. The van der Waals surface area contributed by atoms with Gasteiger partial charge in [-0.1, -0.05) is 30.3 Å². The highest BCUT2D eigenvalue weighted by atomic mass is 32.2. The molecule has 1 saturated heterocycles. The molecule has 2 aliphatic heterocycles. The van der Waals surface area contributed by atoms with Crippen LogP contribution < -0.4 is 19.1 Å². The standard InChI is InChI=1S/C32H36N4O6S/c1-4-41-27-19-25-26(20-28(27)42-5-2)34-32(38)30(25)31(22-11-7-6-8-12-22)33-23-13-15-24(16-14-23)36(43(3,39)40)21-29(37)35-17-9-10-18-35/h6-8,11-16,19-20,30H,4-5,9-10,17-18,21H2,1-3H3,(H,34,38). The van der Waals surface area contributed by atoms with Crippen LogP contribution in [0.5, 0.6) is 11.5 Å². The largest absolute Gasteiger partial charge is 0.490 e. The first-order valence-electron chi connectivity index (χ1n) is 14.4. The number of aliphatic imine (C=N–C) groups is 1. The summed E-state index contributed by atoms with van der Waals surface area (Å²) in [6, 6.07) is 19.7. The van der Waals surface area contributed by atoms with Crippen LogP contribution in [0.1, 0.15) is 43.7 Å². The molecule has 0 spiro atoms. The van der Waals surface area contributed by atoms with E-state index in [1.165, 1.54) is 0 Å². The molecule has 2 amide bonds. The Hall–Kier alpha value is -4.38. The molecule has 1 atom stereocenters. The van der Waals surface area contributed by atoms with E-state index in [1.807, 2.05) is 50.2 Å². The fourth-order valence-electron chi connectivity index (χ4n) is 5.40. The van der Waals surface area contributed by atoms with E-state index in [0.717, 1.165) is 34.5 Å². The summed E-state index contributed by atoms with van der Waals surface area (Å²) < 4.78 is 38.0. The second kappa shape index (κ2) is 12.9. The number of amides is 2. The number of fused-ring (bicyclic) bond motifs is 1. The fourth-order valence-corrected chi connectivity index (χ4v) is 6.25. The van der Waals surface area contributed by atoms with Gasteiger partial charge < -0.3 is 19.7 Å². The number of benzene rings is 3. The molecule has 2 aliphatic rings. The van der Waals surface area contributed by atoms with Crippen molar-refractivity contribution in [2.45, 2.75) is 32.6 Å². The lowest BCUT2D eigenvalue weighted by molar-refractivity contribution is -0.128. The molecule has 43 heavy (non-hydrogen) atoms. The van der Waals surface area contributed by atoms with Crippen molar-refractivity contribution in [3.05, 3.63) is 77.9 Å². The molecule has 226 valence electrons. The number of hydrogen-bond donors (Lipinski definition) is 1. The van der Waals surface area contributed by atoms with Crippen molar-refractivity contribution in [1.82, 2.24) is 4.90 Å². The van der Waals surface area contributed by atoms with E-state index in [4.69, 9.17) is 14.5 Å². The van der Waals surface area contributed by atoms with Crippen LogP contribution in [0.4, 0.5) is 17.1 Å². The van der Waals surface area contributed by atoms with E-state index in [-0.39, 0.29) is 18.4 Å². The quantitative estimate of drug-likeness (QED) is 0.316. The number of rotatable bonds is 11. The van der Waals surface area contributed by atoms with E-state index in [1.54, 1.807) is 35.2 Å². The monoisotopic (exact) mass is 604 g/mol. The van der Waals surface area contributed by atoms with E-state index in [2.05, 4.69) is 5.32 Å². The highest BCUT2D eigenvalue weighted by molar-refractivity contribution is 7.92.